The lowest BCUT2D eigenvalue weighted by molar-refractivity contribution is -0.131. The second-order valence-corrected chi connectivity index (χ2v) is 4.80. The molecule has 0 saturated carbocycles. The molecule has 0 atom stereocenters. The molecule has 23 heavy (non-hydrogen) atoms. The predicted octanol–water partition coefficient (Wildman–Crippen LogP) is -0.588. The van der Waals surface area contributed by atoms with Crippen molar-refractivity contribution in [2.24, 2.45) is 0 Å². The number of rotatable bonds is 8. The number of likely N-dealkylation sites (N-methyl/N-ethyl adjacent to an activating group) is 1. The first-order chi connectivity index (χ1) is 10.9. The molecule has 126 valence electrons. The van der Waals surface area contributed by atoms with Gasteiger partial charge in [0.2, 0.25) is 5.91 Å². The molecular formula is C15H22N4O4. The fourth-order valence-corrected chi connectivity index (χ4v) is 2.20. The summed E-state index contributed by atoms with van der Waals surface area (Å²) in [6.07, 6.45) is 2.75. The Labute approximate surface area is 133 Å². The first-order valence-corrected chi connectivity index (χ1v) is 7.36. The number of aromatic nitrogens is 3. The van der Waals surface area contributed by atoms with Gasteiger partial charge in [-0.15, -0.1) is 13.2 Å². The fourth-order valence-electron chi connectivity index (χ4n) is 2.20. The number of hydrogen-bond donors (Lipinski definition) is 0. The molecule has 0 spiro atoms. The average molecular weight is 322 g/mol. The highest BCUT2D eigenvalue weighted by atomic mass is 16.2. The van der Waals surface area contributed by atoms with E-state index in [1.165, 1.54) is 17.1 Å². The molecule has 0 aromatic carbocycles. The van der Waals surface area contributed by atoms with Crippen LogP contribution >= 0.6 is 0 Å². The normalized spacial score (nSPS) is 10.3. The predicted molar refractivity (Wildman–Crippen MR) is 87.5 cm³/mol. The van der Waals surface area contributed by atoms with Gasteiger partial charge in [0.1, 0.15) is 6.54 Å². The van der Waals surface area contributed by atoms with E-state index in [9.17, 15) is 19.2 Å². The van der Waals surface area contributed by atoms with E-state index in [2.05, 4.69) is 13.2 Å². The van der Waals surface area contributed by atoms with Crippen LogP contribution in [0.5, 0.6) is 0 Å². The molecule has 1 rings (SSSR count). The Morgan fingerprint density at radius 3 is 1.65 bits per heavy atom. The lowest BCUT2D eigenvalue weighted by atomic mass is 10.4. The van der Waals surface area contributed by atoms with Crippen molar-refractivity contribution in [3.63, 3.8) is 0 Å². The zero-order valence-electron chi connectivity index (χ0n) is 13.5. The Kier molecular flexibility index (Phi) is 6.49. The molecule has 0 radical (unpaired) electrons. The third kappa shape index (κ3) is 3.77. The van der Waals surface area contributed by atoms with Crippen molar-refractivity contribution in [3.05, 3.63) is 56.8 Å². The minimum absolute atomic E-state index is 0.0471. The number of carbonyl (C=O) groups excluding carboxylic acids is 1. The van der Waals surface area contributed by atoms with E-state index in [4.69, 9.17) is 0 Å². The van der Waals surface area contributed by atoms with Crippen LogP contribution in [-0.2, 0) is 24.4 Å². The first-order valence-electron chi connectivity index (χ1n) is 7.36. The van der Waals surface area contributed by atoms with Gasteiger partial charge in [-0.1, -0.05) is 12.2 Å². The number of allylic oxidation sites excluding steroid dienone is 2. The third-order valence-electron chi connectivity index (χ3n) is 3.42. The lowest BCUT2D eigenvalue weighted by Gasteiger charge is -2.19. The maximum Gasteiger partial charge on any atom is 0.337 e. The molecule has 0 aliphatic carbocycles. The molecule has 8 nitrogen and oxygen atoms in total. The van der Waals surface area contributed by atoms with E-state index in [1.54, 1.807) is 13.8 Å². The largest absolute Gasteiger partial charge is 0.342 e. The van der Waals surface area contributed by atoms with Crippen LogP contribution in [0.4, 0.5) is 0 Å². The van der Waals surface area contributed by atoms with Gasteiger partial charge in [-0.05, 0) is 13.8 Å². The van der Waals surface area contributed by atoms with Gasteiger partial charge in [-0.3, -0.25) is 4.79 Å². The molecule has 0 unspecified atom stereocenters. The quantitative estimate of drug-likeness (QED) is 0.599. The van der Waals surface area contributed by atoms with Crippen LogP contribution < -0.4 is 17.1 Å². The Morgan fingerprint density at radius 2 is 1.30 bits per heavy atom. The van der Waals surface area contributed by atoms with Crippen molar-refractivity contribution in [3.8, 4) is 0 Å². The summed E-state index contributed by atoms with van der Waals surface area (Å²) in [7, 11) is 0. The van der Waals surface area contributed by atoms with Crippen LogP contribution in [0.2, 0.25) is 0 Å². The molecule has 1 heterocycles. The van der Waals surface area contributed by atoms with E-state index in [0.29, 0.717) is 13.1 Å². The van der Waals surface area contributed by atoms with Gasteiger partial charge in [-0.25, -0.2) is 28.1 Å². The lowest BCUT2D eigenvalue weighted by Crippen LogP contribution is -2.55. The van der Waals surface area contributed by atoms with Gasteiger partial charge in [0.25, 0.3) is 0 Å². The number of amides is 1. The molecule has 0 fully saturated rings. The van der Waals surface area contributed by atoms with E-state index in [-0.39, 0.29) is 19.0 Å². The van der Waals surface area contributed by atoms with E-state index < -0.39 is 23.6 Å². The molecule has 8 heteroatoms. The van der Waals surface area contributed by atoms with Gasteiger partial charge in [0.15, 0.2) is 0 Å². The Hall–Kier alpha value is -2.64. The van der Waals surface area contributed by atoms with Crippen LogP contribution in [0.25, 0.3) is 0 Å². The maximum atomic E-state index is 12.4. The zero-order chi connectivity index (χ0) is 17.6. The molecule has 0 N–H and O–H groups in total. The SMILES string of the molecule is C=CCn1c(=O)n(CC=C)c(=O)n(CC(=O)N(CC)CC)c1=O. The highest BCUT2D eigenvalue weighted by Gasteiger charge is 2.18. The van der Waals surface area contributed by atoms with Crippen molar-refractivity contribution in [2.75, 3.05) is 13.1 Å². The van der Waals surface area contributed by atoms with Crippen LogP contribution in [0.15, 0.2) is 39.7 Å². The van der Waals surface area contributed by atoms with Gasteiger partial charge >= 0.3 is 17.1 Å². The maximum absolute atomic E-state index is 12.4. The second-order valence-electron chi connectivity index (χ2n) is 4.80. The van der Waals surface area contributed by atoms with E-state index in [0.717, 1.165) is 13.7 Å². The Morgan fingerprint density at radius 1 is 0.913 bits per heavy atom. The highest BCUT2D eigenvalue weighted by molar-refractivity contribution is 5.75. The molecule has 0 saturated heterocycles. The second kappa shape index (κ2) is 8.11. The van der Waals surface area contributed by atoms with Crippen LogP contribution in [0.1, 0.15) is 13.8 Å². The fraction of sp³-hybridized carbons (Fsp3) is 0.467. The Bertz CT molecular complexity index is 717. The van der Waals surface area contributed by atoms with Crippen molar-refractivity contribution in [1.82, 2.24) is 18.6 Å². The van der Waals surface area contributed by atoms with E-state index >= 15 is 0 Å². The van der Waals surface area contributed by atoms with Crippen LogP contribution in [0.3, 0.4) is 0 Å². The zero-order valence-corrected chi connectivity index (χ0v) is 13.5. The molecule has 0 aliphatic heterocycles. The topological polar surface area (TPSA) is 86.3 Å². The van der Waals surface area contributed by atoms with Gasteiger partial charge in [-0.2, -0.15) is 0 Å². The van der Waals surface area contributed by atoms with Crippen molar-refractivity contribution in [2.45, 2.75) is 33.5 Å². The van der Waals surface area contributed by atoms with Crippen molar-refractivity contribution >= 4 is 5.91 Å². The highest BCUT2D eigenvalue weighted by Crippen LogP contribution is 1.90. The summed E-state index contributed by atoms with van der Waals surface area (Å²) >= 11 is 0. The molecule has 1 aromatic rings. The Balaban J connectivity index is 3.53. The van der Waals surface area contributed by atoms with Crippen molar-refractivity contribution in [1.29, 1.82) is 0 Å². The molecule has 1 amide bonds. The summed E-state index contributed by atoms with van der Waals surface area (Å²) < 4.78 is 2.51. The van der Waals surface area contributed by atoms with Gasteiger partial charge < -0.3 is 4.90 Å². The smallest absolute Gasteiger partial charge is 0.337 e. The summed E-state index contributed by atoms with van der Waals surface area (Å²) in [4.78, 5) is 50.6. The monoisotopic (exact) mass is 322 g/mol. The first kappa shape index (κ1) is 18.4. The number of carbonyl (C=O) groups is 1. The summed E-state index contributed by atoms with van der Waals surface area (Å²) in [6, 6.07) is 0. The van der Waals surface area contributed by atoms with Crippen molar-refractivity contribution < 1.29 is 4.79 Å². The number of hydrogen-bond acceptors (Lipinski definition) is 4. The van der Waals surface area contributed by atoms with Gasteiger partial charge in [0.05, 0.1) is 13.1 Å². The van der Waals surface area contributed by atoms with Crippen LogP contribution in [0, 0.1) is 0 Å². The minimum atomic E-state index is -0.819. The molecule has 0 bridgehead atoms. The van der Waals surface area contributed by atoms with Gasteiger partial charge in [0, 0.05) is 13.1 Å². The molecule has 1 aromatic heterocycles. The molecular weight excluding hydrogens is 300 g/mol. The average Bonchev–Trinajstić information content (AvgIpc) is 2.53. The summed E-state index contributed by atoms with van der Waals surface area (Å²) in [5.41, 5.74) is -2.38. The standard InChI is InChI=1S/C15H22N4O4/c1-5-9-17-13(21)18(10-6-2)15(23)19(14(17)22)11-12(20)16(7-3)8-4/h5-6H,1-2,7-11H2,3-4H3. The minimum Gasteiger partial charge on any atom is -0.342 e. The summed E-state index contributed by atoms with van der Waals surface area (Å²) in [5.74, 6) is -0.358. The third-order valence-corrected chi connectivity index (χ3v) is 3.42. The summed E-state index contributed by atoms with van der Waals surface area (Å²) in [5, 5.41) is 0. The molecule has 0 aliphatic rings. The van der Waals surface area contributed by atoms with E-state index in [1.807, 2.05) is 0 Å². The number of nitrogens with zero attached hydrogens (tertiary/aromatic N) is 4. The van der Waals surface area contributed by atoms with Crippen LogP contribution in [-0.4, -0.2) is 37.6 Å². The summed E-state index contributed by atoms with van der Waals surface area (Å²) in [6.45, 7) is 11.0.